The zero-order valence-corrected chi connectivity index (χ0v) is 19.4. The Kier molecular flexibility index (Phi) is 6.80. The quantitative estimate of drug-likeness (QED) is 0.557. The molecule has 3 N–H and O–H groups in total. The molecule has 5 rings (SSSR count). The molecule has 3 aromatic rings. The highest BCUT2D eigenvalue weighted by atomic mass is 19.1. The Morgan fingerprint density at radius 3 is 2.65 bits per heavy atom. The number of amides is 1. The number of primary amides is 1. The summed E-state index contributed by atoms with van der Waals surface area (Å²) in [5.41, 5.74) is 8.24. The van der Waals surface area contributed by atoms with E-state index in [-0.39, 0.29) is 11.7 Å². The SMILES string of the molecule is NC(=O)c1conc1CC(c1nc2c(F)cc(N3CCOCC3)cc2[nH]1)C1CCCCCCC1. The Morgan fingerprint density at radius 1 is 1.18 bits per heavy atom. The van der Waals surface area contributed by atoms with Gasteiger partial charge in [-0.05, 0) is 30.9 Å². The summed E-state index contributed by atoms with van der Waals surface area (Å²) in [6, 6.07) is 3.53. The molecule has 8 nitrogen and oxygen atoms in total. The number of imidazole rings is 1. The minimum atomic E-state index is -0.557. The van der Waals surface area contributed by atoms with Crippen LogP contribution in [-0.2, 0) is 11.2 Å². The van der Waals surface area contributed by atoms with Gasteiger partial charge in [-0.1, -0.05) is 37.3 Å². The third-order valence-corrected chi connectivity index (χ3v) is 7.31. The maximum absolute atomic E-state index is 15.2. The predicted octanol–water partition coefficient (Wildman–Crippen LogP) is 4.31. The van der Waals surface area contributed by atoms with Gasteiger partial charge in [0.15, 0.2) is 5.82 Å². The summed E-state index contributed by atoms with van der Waals surface area (Å²) >= 11 is 0. The van der Waals surface area contributed by atoms with Gasteiger partial charge in [0.25, 0.3) is 5.91 Å². The van der Waals surface area contributed by atoms with E-state index in [1.807, 2.05) is 6.07 Å². The second-order valence-corrected chi connectivity index (χ2v) is 9.50. The van der Waals surface area contributed by atoms with Crippen molar-refractivity contribution < 1.29 is 18.4 Å². The van der Waals surface area contributed by atoms with Gasteiger partial charge < -0.3 is 24.9 Å². The summed E-state index contributed by atoms with van der Waals surface area (Å²) in [4.78, 5) is 22.2. The van der Waals surface area contributed by atoms with Gasteiger partial charge in [0.05, 0.1) is 24.4 Å². The van der Waals surface area contributed by atoms with Gasteiger partial charge >= 0.3 is 0 Å². The maximum atomic E-state index is 15.2. The van der Waals surface area contributed by atoms with Crippen LogP contribution in [0.25, 0.3) is 11.0 Å². The molecule has 3 heterocycles. The third-order valence-electron chi connectivity index (χ3n) is 7.31. The number of benzene rings is 1. The molecule has 182 valence electrons. The summed E-state index contributed by atoms with van der Waals surface area (Å²) in [5, 5.41) is 4.08. The van der Waals surface area contributed by atoms with Gasteiger partial charge in [-0.2, -0.15) is 0 Å². The van der Waals surface area contributed by atoms with Gasteiger partial charge in [-0.15, -0.1) is 0 Å². The van der Waals surface area contributed by atoms with E-state index in [4.69, 9.17) is 20.0 Å². The second-order valence-electron chi connectivity index (χ2n) is 9.50. The van der Waals surface area contributed by atoms with Crippen molar-refractivity contribution in [1.82, 2.24) is 15.1 Å². The minimum absolute atomic E-state index is 0.0417. The summed E-state index contributed by atoms with van der Waals surface area (Å²) in [6.07, 6.45) is 9.91. The van der Waals surface area contributed by atoms with Crippen LogP contribution in [0.4, 0.5) is 10.1 Å². The number of rotatable bonds is 6. The molecule has 1 aliphatic heterocycles. The highest BCUT2D eigenvalue weighted by Gasteiger charge is 2.30. The van der Waals surface area contributed by atoms with E-state index in [0.717, 1.165) is 50.3 Å². The molecule has 34 heavy (non-hydrogen) atoms. The van der Waals surface area contributed by atoms with Crippen molar-refractivity contribution in [2.45, 2.75) is 57.3 Å². The Bertz CT molecular complexity index is 1130. The van der Waals surface area contributed by atoms with Crippen LogP contribution >= 0.6 is 0 Å². The van der Waals surface area contributed by atoms with Crippen LogP contribution in [0.15, 0.2) is 22.9 Å². The number of carbonyl (C=O) groups excluding carboxylic acids is 1. The zero-order valence-electron chi connectivity index (χ0n) is 19.4. The number of nitrogens with zero attached hydrogens (tertiary/aromatic N) is 3. The first kappa shape index (κ1) is 22.8. The van der Waals surface area contributed by atoms with Crippen molar-refractivity contribution in [2.75, 3.05) is 31.2 Å². The number of aromatic nitrogens is 3. The van der Waals surface area contributed by atoms with E-state index in [1.165, 1.54) is 25.5 Å². The van der Waals surface area contributed by atoms with E-state index in [9.17, 15) is 4.79 Å². The molecule has 1 unspecified atom stereocenters. The molecule has 1 aromatic carbocycles. The molecule has 2 aromatic heterocycles. The van der Waals surface area contributed by atoms with Crippen molar-refractivity contribution in [1.29, 1.82) is 0 Å². The summed E-state index contributed by atoms with van der Waals surface area (Å²) in [7, 11) is 0. The van der Waals surface area contributed by atoms with Crippen LogP contribution in [0, 0.1) is 11.7 Å². The highest BCUT2D eigenvalue weighted by Crippen LogP contribution is 2.37. The lowest BCUT2D eigenvalue weighted by atomic mass is 9.79. The van der Waals surface area contributed by atoms with Gasteiger partial charge in [0.1, 0.15) is 23.2 Å². The first-order valence-electron chi connectivity index (χ1n) is 12.3. The van der Waals surface area contributed by atoms with Gasteiger partial charge in [0.2, 0.25) is 0 Å². The Morgan fingerprint density at radius 2 is 1.91 bits per heavy atom. The van der Waals surface area contributed by atoms with Crippen molar-refractivity contribution in [3.63, 3.8) is 0 Å². The smallest absolute Gasteiger partial charge is 0.253 e. The topological polar surface area (TPSA) is 110 Å². The third kappa shape index (κ3) is 4.80. The molecule has 1 saturated carbocycles. The van der Waals surface area contributed by atoms with Crippen LogP contribution in [0.2, 0.25) is 0 Å². The number of nitrogens with one attached hydrogen (secondary N) is 1. The van der Waals surface area contributed by atoms with E-state index < -0.39 is 5.91 Å². The van der Waals surface area contributed by atoms with E-state index in [1.54, 1.807) is 6.07 Å². The molecular formula is C25H32FN5O3. The minimum Gasteiger partial charge on any atom is -0.378 e. The van der Waals surface area contributed by atoms with Crippen molar-refractivity contribution >= 4 is 22.6 Å². The predicted molar refractivity (Wildman–Crippen MR) is 126 cm³/mol. The van der Waals surface area contributed by atoms with E-state index in [2.05, 4.69) is 15.0 Å². The van der Waals surface area contributed by atoms with Crippen LogP contribution in [-0.4, -0.2) is 47.3 Å². The van der Waals surface area contributed by atoms with E-state index >= 15 is 4.39 Å². The fraction of sp³-hybridized carbons (Fsp3) is 0.560. The normalized spacial score (nSPS) is 19.1. The number of morpholine rings is 1. The summed E-state index contributed by atoms with van der Waals surface area (Å²) in [6.45, 7) is 2.74. The lowest BCUT2D eigenvalue weighted by Crippen LogP contribution is -2.36. The molecule has 0 radical (unpaired) electrons. The number of carbonyl (C=O) groups is 1. The van der Waals surface area contributed by atoms with Gasteiger partial charge in [-0.3, -0.25) is 4.79 Å². The number of halogens is 1. The number of nitrogens with two attached hydrogens (primary N) is 1. The molecule has 1 amide bonds. The van der Waals surface area contributed by atoms with Crippen molar-refractivity contribution in [3.05, 3.63) is 41.3 Å². The Balaban J connectivity index is 1.51. The summed E-state index contributed by atoms with van der Waals surface area (Å²) < 4.78 is 25.7. The lowest BCUT2D eigenvalue weighted by Gasteiger charge is -2.28. The fourth-order valence-corrected chi connectivity index (χ4v) is 5.45. The molecule has 2 aliphatic rings. The molecule has 1 saturated heterocycles. The number of hydrogen-bond acceptors (Lipinski definition) is 6. The first-order chi connectivity index (χ1) is 16.6. The van der Waals surface area contributed by atoms with Crippen molar-refractivity contribution in [3.8, 4) is 0 Å². The summed E-state index contributed by atoms with van der Waals surface area (Å²) in [5.74, 6) is 0.146. The second kappa shape index (κ2) is 10.1. The zero-order chi connectivity index (χ0) is 23.5. The average molecular weight is 470 g/mol. The molecule has 0 spiro atoms. The monoisotopic (exact) mass is 469 g/mol. The van der Waals surface area contributed by atoms with E-state index in [0.29, 0.717) is 47.8 Å². The number of hydrogen-bond donors (Lipinski definition) is 2. The van der Waals surface area contributed by atoms with Gasteiger partial charge in [0, 0.05) is 31.1 Å². The van der Waals surface area contributed by atoms with Crippen molar-refractivity contribution in [2.24, 2.45) is 11.7 Å². The lowest BCUT2D eigenvalue weighted by molar-refractivity contribution is 0.0998. The van der Waals surface area contributed by atoms with Crippen LogP contribution in [0.1, 0.15) is 72.7 Å². The number of anilines is 1. The van der Waals surface area contributed by atoms with Crippen LogP contribution < -0.4 is 10.6 Å². The average Bonchev–Trinajstić information content (AvgIpc) is 3.45. The molecule has 1 atom stereocenters. The molecule has 1 aliphatic carbocycles. The maximum Gasteiger partial charge on any atom is 0.253 e. The standard InChI is InChI=1S/C25H32FN5O3/c26-20-12-17(31-8-10-33-11-9-31)13-22-23(20)29-25(28-22)18(16-6-4-2-1-3-5-7-16)14-21-19(24(27)32)15-34-30-21/h12-13,15-16,18H,1-11,14H2,(H2,27,32)(H,28,29). The molecule has 9 heteroatoms. The van der Waals surface area contributed by atoms with Crippen LogP contribution in [0.3, 0.4) is 0 Å². The van der Waals surface area contributed by atoms with Gasteiger partial charge in [-0.25, -0.2) is 9.37 Å². The largest absolute Gasteiger partial charge is 0.378 e. The number of fused-ring (bicyclic) bond motifs is 1. The number of H-pyrrole nitrogens is 1. The molecule has 0 bridgehead atoms. The Hall–Kier alpha value is -2.94. The molecular weight excluding hydrogens is 437 g/mol. The number of ether oxygens (including phenoxy) is 1. The van der Waals surface area contributed by atoms with Crippen LogP contribution in [0.5, 0.6) is 0 Å². The fourth-order valence-electron chi connectivity index (χ4n) is 5.45. The highest BCUT2D eigenvalue weighted by molar-refractivity contribution is 5.93. The Labute approximate surface area is 198 Å². The number of aromatic amines is 1. The molecule has 2 fully saturated rings. The first-order valence-corrected chi connectivity index (χ1v) is 12.3.